The molecule has 1 N–H and O–H groups in total. The Morgan fingerprint density at radius 2 is 1.74 bits per heavy atom. The highest BCUT2D eigenvalue weighted by Gasteiger charge is 2.32. The minimum atomic E-state index is -0.159. The fourth-order valence-electron chi connectivity index (χ4n) is 5.62. The molecular weight excluding hydrogens is 475 g/mol. The Kier molecular flexibility index (Phi) is 8.97. The Balaban J connectivity index is 1.18. The summed E-state index contributed by atoms with van der Waals surface area (Å²) in [6.45, 7) is 8.19. The molecule has 34 heavy (non-hydrogen) atoms. The molecule has 9 heteroatoms. The molecule has 2 saturated heterocycles. The molecule has 1 saturated carbocycles. The molecule has 3 aliphatic rings. The molecule has 1 atom stereocenters. The molecule has 188 valence electrons. The van der Waals surface area contributed by atoms with E-state index in [-0.39, 0.29) is 18.1 Å². The predicted molar refractivity (Wildman–Crippen MR) is 136 cm³/mol. The van der Waals surface area contributed by atoms with E-state index in [2.05, 4.69) is 15.1 Å². The number of hydrogen-bond acceptors (Lipinski definition) is 5. The standard InChI is InChI=1S/C25H36Cl2N4O3/c1-18(32)34-22-7-5-21(6-8-22)31-10-2-3-19(17-31)16-29-11-13-30(14-12-29)25(33)28-20-4-9-23(26)24(27)15-20/h4,9,15,19,21-22H,2-3,5-8,10-14,16-17H2,1H3,(H,28,33)/t19-,21?,22?/m1/s1. The summed E-state index contributed by atoms with van der Waals surface area (Å²) in [6, 6.07) is 5.66. The molecule has 1 aromatic rings. The summed E-state index contributed by atoms with van der Waals surface area (Å²) in [6.07, 6.45) is 6.85. The molecule has 2 aliphatic heterocycles. The van der Waals surface area contributed by atoms with Crippen LogP contribution in [0.2, 0.25) is 10.0 Å². The normalized spacial score (nSPS) is 26.8. The van der Waals surface area contributed by atoms with Crippen molar-refractivity contribution in [2.75, 3.05) is 51.1 Å². The molecule has 4 rings (SSSR count). The Hall–Kier alpha value is -1.54. The molecular formula is C25H36Cl2N4O3. The lowest BCUT2D eigenvalue weighted by atomic mass is 9.88. The zero-order valence-corrected chi connectivity index (χ0v) is 21.5. The van der Waals surface area contributed by atoms with Gasteiger partial charge in [0.25, 0.3) is 0 Å². The maximum Gasteiger partial charge on any atom is 0.321 e. The number of urea groups is 1. The molecule has 0 radical (unpaired) electrons. The first-order valence-corrected chi connectivity index (χ1v) is 13.3. The molecule has 2 heterocycles. The van der Waals surface area contributed by atoms with Crippen LogP contribution in [0.5, 0.6) is 0 Å². The average molecular weight is 511 g/mol. The number of benzene rings is 1. The predicted octanol–water partition coefficient (Wildman–Crippen LogP) is 4.73. The van der Waals surface area contributed by atoms with E-state index in [0.717, 1.165) is 65.0 Å². The van der Waals surface area contributed by atoms with Gasteiger partial charge in [0, 0.05) is 57.9 Å². The van der Waals surface area contributed by atoms with Crippen molar-refractivity contribution in [2.45, 2.75) is 57.6 Å². The second kappa shape index (κ2) is 11.9. The van der Waals surface area contributed by atoms with Crippen LogP contribution in [0.1, 0.15) is 45.4 Å². The summed E-state index contributed by atoms with van der Waals surface area (Å²) in [4.78, 5) is 30.9. The largest absolute Gasteiger partial charge is 0.463 e. The van der Waals surface area contributed by atoms with Gasteiger partial charge in [-0.15, -0.1) is 0 Å². The zero-order chi connectivity index (χ0) is 24.1. The molecule has 3 fully saturated rings. The first-order valence-electron chi connectivity index (χ1n) is 12.5. The Morgan fingerprint density at radius 1 is 1.00 bits per heavy atom. The van der Waals surface area contributed by atoms with Crippen LogP contribution in [0.4, 0.5) is 10.5 Å². The quantitative estimate of drug-likeness (QED) is 0.580. The van der Waals surface area contributed by atoms with E-state index in [1.807, 2.05) is 4.90 Å². The fourth-order valence-corrected chi connectivity index (χ4v) is 5.91. The zero-order valence-electron chi connectivity index (χ0n) is 20.0. The molecule has 0 unspecified atom stereocenters. The molecule has 1 aromatic carbocycles. The lowest BCUT2D eigenvalue weighted by Crippen LogP contribution is -2.52. The van der Waals surface area contributed by atoms with E-state index in [1.165, 1.54) is 26.3 Å². The second-order valence-electron chi connectivity index (χ2n) is 9.89. The smallest absolute Gasteiger partial charge is 0.321 e. The van der Waals surface area contributed by atoms with Crippen LogP contribution in [0.15, 0.2) is 18.2 Å². The van der Waals surface area contributed by atoms with E-state index >= 15 is 0 Å². The number of esters is 1. The number of amides is 2. The Bertz CT molecular complexity index is 855. The van der Waals surface area contributed by atoms with Crippen molar-refractivity contribution in [3.05, 3.63) is 28.2 Å². The maximum atomic E-state index is 12.6. The minimum absolute atomic E-state index is 0.0914. The van der Waals surface area contributed by atoms with Gasteiger partial charge in [-0.25, -0.2) is 4.79 Å². The van der Waals surface area contributed by atoms with Crippen LogP contribution < -0.4 is 5.32 Å². The maximum absolute atomic E-state index is 12.6. The molecule has 1 aliphatic carbocycles. The van der Waals surface area contributed by atoms with E-state index in [4.69, 9.17) is 27.9 Å². The van der Waals surface area contributed by atoms with Gasteiger partial charge in [-0.2, -0.15) is 0 Å². The summed E-state index contributed by atoms with van der Waals surface area (Å²) in [7, 11) is 0. The number of hydrogen-bond donors (Lipinski definition) is 1. The number of carbonyl (C=O) groups excluding carboxylic acids is 2. The summed E-state index contributed by atoms with van der Waals surface area (Å²) >= 11 is 12.0. The van der Waals surface area contributed by atoms with Gasteiger partial charge in [-0.05, 0) is 69.2 Å². The number of nitrogens with zero attached hydrogens (tertiary/aromatic N) is 3. The highest BCUT2D eigenvalue weighted by Crippen LogP contribution is 2.29. The van der Waals surface area contributed by atoms with Crippen molar-refractivity contribution >= 4 is 40.9 Å². The number of ether oxygens (including phenoxy) is 1. The summed E-state index contributed by atoms with van der Waals surface area (Å²) < 4.78 is 5.41. The highest BCUT2D eigenvalue weighted by atomic mass is 35.5. The van der Waals surface area contributed by atoms with Gasteiger partial charge in [-0.1, -0.05) is 23.2 Å². The van der Waals surface area contributed by atoms with Gasteiger partial charge in [-0.3, -0.25) is 9.69 Å². The van der Waals surface area contributed by atoms with Crippen LogP contribution in [-0.4, -0.2) is 84.7 Å². The number of nitrogens with one attached hydrogen (secondary N) is 1. The van der Waals surface area contributed by atoms with Crippen molar-refractivity contribution in [3.8, 4) is 0 Å². The number of rotatable bonds is 5. The minimum Gasteiger partial charge on any atom is -0.463 e. The van der Waals surface area contributed by atoms with Gasteiger partial charge >= 0.3 is 12.0 Å². The lowest BCUT2D eigenvalue weighted by molar-refractivity contribution is -0.148. The van der Waals surface area contributed by atoms with Gasteiger partial charge in [0.2, 0.25) is 0 Å². The number of carbonyl (C=O) groups is 2. The monoisotopic (exact) mass is 510 g/mol. The molecule has 0 aromatic heterocycles. The number of piperazine rings is 1. The van der Waals surface area contributed by atoms with Crippen molar-refractivity contribution in [1.29, 1.82) is 0 Å². The number of anilines is 1. The Labute approximate surface area is 212 Å². The molecule has 2 amide bonds. The van der Waals surface area contributed by atoms with E-state index in [0.29, 0.717) is 27.7 Å². The van der Waals surface area contributed by atoms with E-state index in [9.17, 15) is 9.59 Å². The summed E-state index contributed by atoms with van der Waals surface area (Å²) in [5.41, 5.74) is 0.658. The second-order valence-corrected chi connectivity index (χ2v) is 10.7. The van der Waals surface area contributed by atoms with E-state index in [1.54, 1.807) is 18.2 Å². The van der Waals surface area contributed by atoms with Crippen molar-refractivity contribution in [2.24, 2.45) is 5.92 Å². The van der Waals surface area contributed by atoms with Crippen LogP contribution in [0, 0.1) is 5.92 Å². The molecule has 7 nitrogen and oxygen atoms in total. The van der Waals surface area contributed by atoms with Crippen LogP contribution >= 0.6 is 23.2 Å². The lowest BCUT2D eigenvalue weighted by Gasteiger charge is -2.43. The molecule has 0 spiro atoms. The Morgan fingerprint density at radius 3 is 2.41 bits per heavy atom. The fraction of sp³-hybridized carbons (Fsp3) is 0.680. The van der Waals surface area contributed by atoms with E-state index < -0.39 is 0 Å². The average Bonchev–Trinajstić information content (AvgIpc) is 2.82. The van der Waals surface area contributed by atoms with Crippen molar-refractivity contribution < 1.29 is 14.3 Å². The van der Waals surface area contributed by atoms with Crippen molar-refractivity contribution in [1.82, 2.24) is 14.7 Å². The van der Waals surface area contributed by atoms with Crippen LogP contribution in [-0.2, 0) is 9.53 Å². The SMILES string of the molecule is CC(=O)OC1CCC(N2CCC[C@H](CN3CCN(C(=O)Nc4ccc(Cl)c(Cl)c4)CC3)C2)CC1. The topological polar surface area (TPSA) is 65.1 Å². The van der Waals surface area contributed by atoms with Gasteiger partial charge in [0.05, 0.1) is 10.0 Å². The van der Waals surface area contributed by atoms with Gasteiger partial charge < -0.3 is 19.9 Å². The summed E-state index contributed by atoms with van der Waals surface area (Å²) in [5.74, 6) is 0.518. The highest BCUT2D eigenvalue weighted by molar-refractivity contribution is 6.42. The van der Waals surface area contributed by atoms with Gasteiger partial charge in [0.15, 0.2) is 0 Å². The van der Waals surface area contributed by atoms with Gasteiger partial charge in [0.1, 0.15) is 6.10 Å². The third-order valence-electron chi connectivity index (χ3n) is 7.39. The molecule has 0 bridgehead atoms. The number of halogens is 2. The third-order valence-corrected chi connectivity index (χ3v) is 8.13. The van der Waals surface area contributed by atoms with Crippen molar-refractivity contribution in [3.63, 3.8) is 0 Å². The summed E-state index contributed by atoms with van der Waals surface area (Å²) in [5, 5.41) is 3.83. The van der Waals surface area contributed by atoms with Crippen LogP contribution in [0.25, 0.3) is 0 Å². The number of piperidine rings is 1. The number of likely N-dealkylation sites (tertiary alicyclic amines) is 1. The first-order chi connectivity index (χ1) is 16.4. The van der Waals surface area contributed by atoms with Crippen LogP contribution in [0.3, 0.4) is 0 Å². The first kappa shape index (κ1) is 25.5. The third kappa shape index (κ3) is 7.00.